The third kappa shape index (κ3) is 9.72. The van der Waals surface area contributed by atoms with E-state index in [2.05, 4.69) is 40.1 Å². The van der Waals surface area contributed by atoms with Crippen LogP contribution in [0.2, 0.25) is 0 Å². The van der Waals surface area contributed by atoms with Crippen molar-refractivity contribution in [2.75, 3.05) is 26.2 Å². The number of halogens is 1. The summed E-state index contributed by atoms with van der Waals surface area (Å²) in [5, 5.41) is 29.2. The summed E-state index contributed by atoms with van der Waals surface area (Å²) < 4.78 is 5.48. The molecule has 0 saturated heterocycles. The quantitative estimate of drug-likeness (QED) is 0.131. The Morgan fingerprint density at radius 1 is 1.30 bits per heavy atom. The van der Waals surface area contributed by atoms with Crippen molar-refractivity contribution < 1.29 is 14.8 Å². The third-order valence-electron chi connectivity index (χ3n) is 4.03. The molecule has 0 amide bonds. The van der Waals surface area contributed by atoms with Gasteiger partial charge in [0.15, 0.2) is 5.96 Å². The minimum absolute atomic E-state index is 0. The number of aliphatic hydroxyl groups excluding tert-OH is 1. The number of hydrogen-bond acceptors (Lipinski definition) is 6. The van der Waals surface area contributed by atoms with E-state index in [0.29, 0.717) is 24.2 Å². The second-order valence-electron chi connectivity index (χ2n) is 6.71. The van der Waals surface area contributed by atoms with E-state index in [1.807, 2.05) is 6.92 Å². The lowest BCUT2D eigenvalue weighted by Crippen LogP contribution is -2.42. The van der Waals surface area contributed by atoms with Gasteiger partial charge in [0, 0.05) is 36.6 Å². The minimum Gasteiger partial charge on any atom is -0.491 e. The van der Waals surface area contributed by atoms with Crippen molar-refractivity contribution in [1.82, 2.24) is 10.6 Å². The van der Waals surface area contributed by atoms with E-state index >= 15 is 0 Å². The van der Waals surface area contributed by atoms with Crippen LogP contribution in [0.5, 0.6) is 5.75 Å². The molecule has 2 rings (SSSR count). The first-order valence-corrected chi connectivity index (χ1v) is 10.5. The normalized spacial score (nSPS) is 13.1. The van der Waals surface area contributed by atoms with Crippen LogP contribution in [0.4, 0.5) is 5.69 Å². The van der Waals surface area contributed by atoms with E-state index in [1.54, 1.807) is 11.3 Å². The summed E-state index contributed by atoms with van der Waals surface area (Å²) in [6.45, 7) is 5.90. The fraction of sp³-hybridized carbons (Fsp3) is 0.450. The highest BCUT2D eigenvalue weighted by Gasteiger charge is 2.10. The summed E-state index contributed by atoms with van der Waals surface area (Å²) in [4.78, 5) is 16.1. The first-order valence-electron chi connectivity index (χ1n) is 9.57. The van der Waals surface area contributed by atoms with Crippen molar-refractivity contribution in [3.05, 3.63) is 56.8 Å². The molecule has 0 bridgehead atoms. The number of aliphatic hydroxyl groups is 1. The van der Waals surface area contributed by atoms with E-state index in [1.165, 1.54) is 29.1 Å². The maximum absolute atomic E-state index is 10.7. The summed E-state index contributed by atoms with van der Waals surface area (Å²) in [5.41, 5.74) is -0.000588. The van der Waals surface area contributed by atoms with Gasteiger partial charge in [-0.3, -0.25) is 15.1 Å². The number of nitrogens with zero attached hydrogens (tertiary/aromatic N) is 2. The van der Waals surface area contributed by atoms with E-state index < -0.39 is 11.0 Å². The molecule has 0 aliphatic carbocycles. The molecule has 0 aliphatic rings. The first-order chi connectivity index (χ1) is 14.0. The molecule has 1 aromatic heterocycles. The molecular formula is C20H29IN4O4S. The number of nitro benzene ring substituents is 1. The number of thiophene rings is 1. The van der Waals surface area contributed by atoms with Gasteiger partial charge in [-0.25, -0.2) is 0 Å². The van der Waals surface area contributed by atoms with Crippen molar-refractivity contribution in [3.63, 3.8) is 0 Å². The Balaban J connectivity index is 0.00000450. The standard InChI is InChI=1S/C20H28N4O4S.HI/c1-3-21-20(22-12-15(2)11-19-5-4-10-29-19)23-13-17(25)14-28-18-8-6-16(7-9-18)24(26)27;/h4-10,15,17,25H,3,11-14H2,1-2H3,(H2,21,22,23);1H. The monoisotopic (exact) mass is 548 g/mol. The molecule has 8 nitrogen and oxygen atoms in total. The van der Waals surface area contributed by atoms with Gasteiger partial charge in [-0.05, 0) is 42.8 Å². The van der Waals surface area contributed by atoms with Gasteiger partial charge in [0.25, 0.3) is 5.69 Å². The molecule has 3 N–H and O–H groups in total. The smallest absolute Gasteiger partial charge is 0.269 e. The Kier molecular flexibility index (Phi) is 12.3. The average molecular weight is 548 g/mol. The maximum atomic E-state index is 10.7. The summed E-state index contributed by atoms with van der Waals surface area (Å²) in [6, 6.07) is 9.95. The molecule has 2 unspecified atom stereocenters. The molecule has 2 aromatic rings. The van der Waals surface area contributed by atoms with Gasteiger partial charge in [-0.15, -0.1) is 35.3 Å². The van der Waals surface area contributed by atoms with Crippen LogP contribution < -0.4 is 15.4 Å². The summed E-state index contributed by atoms with van der Waals surface area (Å²) >= 11 is 1.76. The van der Waals surface area contributed by atoms with Gasteiger partial charge in [-0.2, -0.15) is 0 Å². The van der Waals surface area contributed by atoms with Crippen molar-refractivity contribution in [2.24, 2.45) is 10.9 Å². The number of aliphatic imine (C=N–C) groups is 1. The third-order valence-corrected chi connectivity index (χ3v) is 4.93. The molecule has 0 aliphatic heterocycles. The number of rotatable bonds is 11. The predicted octanol–water partition coefficient (Wildman–Crippen LogP) is 3.45. The number of non-ortho nitro benzene ring substituents is 1. The van der Waals surface area contributed by atoms with Gasteiger partial charge >= 0.3 is 0 Å². The second kappa shape index (κ2) is 14.1. The zero-order valence-electron chi connectivity index (χ0n) is 17.1. The van der Waals surface area contributed by atoms with E-state index in [0.717, 1.165) is 13.0 Å². The Morgan fingerprint density at radius 3 is 2.63 bits per heavy atom. The lowest BCUT2D eigenvalue weighted by atomic mass is 10.1. The molecule has 0 spiro atoms. The van der Waals surface area contributed by atoms with Crippen LogP contribution in [0.1, 0.15) is 18.7 Å². The number of hydrogen-bond donors (Lipinski definition) is 3. The van der Waals surface area contributed by atoms with Crippen LogP contribution >= 0.6 is 35.3 Å². The molecule has 1 heterocycles. The van der Waals surface area contributed by atoms with E-state index in [9.17, 15) is 15.2 Å². The molecule has 0 radical (unpaired) electrons. The van der Waals surface area contributed by atoms with Gasteiger partial charge < -0.3 is 20.5 Å². The molecule has 2 atom stereocenters. The molecule has 166 valence electrons. The van der Waals surface area contributed by atoms with Crippen molar-refractivity contribution >= 4 is 47.0 Å². The predicted molar refractivity (Wildman–Crippen MR) is 131 cm³/mol. The topological polar surface area (TPSA) is 109 Å². The highest BCUT2D eigenvalue weighted by atomic mass is 127. The molecular weight excluding hydrogens is 519 g/mol. The van der Waals surface area contributed by atoms with E-state index in [4.69, 9.17) is 4.74 Å². The van der Waals surface area contributed by atoms with E-state index in [-0.39, 0.29) is 42.8 Å². The van der Waals surface area contributed by atoms with Gasteiger partial charge in [0.05, 0.1) is 4.92 Å². The molecule has 30 heavy (non-hydrogen) atoms. The number of nitrogens with one attached hydrogen (secondary N) is 2. The zero-order valence-corrected chi connectivity index (χ0v) is 20.3. The van der Waals surface area contributed by atoms with Crippen LogP contribution in [0.3, 0.4) is 0 Å². The molecule has 10 heteroatoms. The fourth-order valence-electron chi connectivity index (χ4n) is 2.56. The van der Waals surface area contributed by atoms with Crippen LogP contribution in [0.25, 0.3) is 0 Å². The van der Waals surface area contributed by atoms with Gasteiger partial charge in [-0.1, -0.05) is 13.0 Å². The first kappa shape index (κ1) is 26.1. The highest BCUT2D eigenvalue weighted by molar-refractivity contribution is 14.0. The van der Waals surface area contributed by atoms with Gasteiger partial charge in [0.1, 0.15) is 18.5 Å². The minimum atomic E-state index is -0.752. The number of guanidine groups is 1. The Labute approximate surface area is 197 Å². The van der Waals surface area contributed by atoms with Gasteiger partial charge in [0.2, 0.25) is 0 Å². The average Bonchev–Trinajstić information content (AvgIpc) is 3.21. The lowest BCUT2D eigenvalue weighted by molar-refractivity contribution is -0.384. The van der Waals surface area contributed by atoms with Crippen molar-refractivity contribution in [2.45, 2.75) is 26.4 Å². The molecule has 0 fully saturated rings. The molecule has 0 saturated carbocycles. The fourth-order valence-corrected chi connectivity index (χ4v) is 3.43. The summed E-state index contributed by atoms with van der Waals surface area (Å²) in [6.07, 6.45) is 0.240. The number of benzene rings is 1. The summed E-state index contributed by atoms with van der Waals surface area (Å²) in [7, 11) is 0. The zero-order chi connectivity index (χ0) is 21.1. The maximum Gasteiger partial charge on any atom is 0.269 e. The SMILES string of the molecule is CCNC(=NCC(C)Cc1cccs1)NCC(O)COc1ccc([N+](=O)[O-])cc1.I. The Bertz CT molecular complexity index is 772. The van der Waals surface area contributed by atoms with Crippen molar-refractivity contribution in [1.29, 1.82) is 0 Å². The number of nitro groups is 1. The summed E-state index contributed by atoms with van der Waals surface area (Å²) in [5.74, 6) is 1.54. The Morgan fingerprint density at radius 2 is 2.03 bits per heavy atom. The molecule has 1 aromatic carbocycles. The van der Waals surface area contributed by atoms with Crippen LogP contribution in [0, 0.1) is 16.0 Å². The van der Waals surface area contributed by atoms with Crippen LogP contribution in [-0.2, 0) is 6.42 Å². The highest BCUT2D eigenvalue weighted by Crippen LogP contribution is 2.17. The van der Waals surface area contributed by atoms with Crippen molar-refractivity contribution in [3.8, 4) is 5.75 Å². The van der Waals surface area contributed by atoms with Crippen LogP contribution in [0.15, 0.2) is 46.8 Å². The Hall–Kier alpha value is -1.92. The number of ether oxygens (including phenoxy) is 1. The largest absolute Gasteiger partial charge is 0.491 e. The van der Waals surface area contributed by atoms with Crippen LogP contribution in [-0.4, -0.2) is 48.3 Å². The lowest BCUT2D eigenvalue weighted by Gasteiger charge is -2.16. The second-order valence-corrected chi connectivity index (χ2v) is 7.74.